The molecule has 0 atom stereocenters. The van der Waals surface area contributed by atoms with E-state index in [1.165, 1.54) is 32.1 Å². The first kappa shape index (κ1) is 12.9. The quantitative estimate of drug-likeness (QED) is 0.710. The third kappa shape index (κ3) is 1.96. The van der Waals surface area contributed by atoms with Crippen LogP contribution < -0.4 is 0 Å². The van der Waals surface area contributed by atoms with Gasteiger partial charge in [-0.3, -0.25) is 0 Å². The third-order valence-corrected chi connectivity index (χ3v) is 5.24. The average Bonchev–Trinajstić information content (AvgIpc) is 2.40. The van der Waals surface area contributed by atoms with Gasteiger partial charge in [0.2, 0.25) is 0 Å². The maximum atomic E-state index is 14.2. The number of benzene rings is 1. The first-order valence-electron chi connectivity index (χ1n) is 6.97. The molecule has 0 amide bonds. The van der Waals surface area contributed by atoms with Crippen molar-refractivity contribution < 1.29 is 4.39 Å². The highest BCUT2D eigenvalue weighted by atomic mass is 35.5. The van der Waals surface area contributed by atoms with Gasteiger partial charge in [0.1, 0.15) is 5.82 Å². The third-order valence-electron chi connectivity index (χ3n) is 4.95. The molecule has 1 spiro atoms. The first-order chi connectivity index (χ1) is 9.11. The zero-order valence-corrected chi connectivity index (χ0v) is 11.6. The molecule has 1 aromatic carbocycles. The highest BCUT2D eigenvalue weighted by molar-refractivity contribution is 6.30. The normalized spacial score (nSPS) is 23.6. The molecule has 0 N–H and O–H groups in total. The molecule has 2 aliphatic carbocycles. The van der Waals surface area contributed by atoms with Crippen LogP contribution in [0.1, 0.15) is 50.5 Å². The molecular weight excluding hydrogens is 261 g/mol. The summed E-state index contributed by atoms with van der Waals surface area (Å²) < 4.78 is 14.2. The van der Waals surface area contributed by atoms with Crippen molar-refractivity contribution in [1.29, 1.82) is 5.26 Å². The number of hydrogen-bond donors (Lipinski definition) is 0. The van der Waals surface area contributed by atoms with Gasteiger partial charge in [-0.2, -0.15) is 5.26 Å². The van der Waals surface area contributed by atoms with E-state index in [0.717, 1.165) is 12.8 Å². The van der Waals surface area contributed by atoms with Crippen molar-refractivity contribution in [3.05, 3.63) is 34.6 Å². The van der Waals surface area contributed by atoms with Gasteiger partial charge in [0.05, 0.1) is 16.5 Å². The predicted molar refractivity (Wildman–Crippen MR) is 73.5 cm³/mol. The fourth-order valence-corrected chi connectivity index (χ4v) is 4.26. The van der Waals surface area contributed by atoms with E-state index in [1.54, 1.807) is 18.2 Å². The maximum absolute atomic E-state index is 14.2. The fraction of sp³-hybridized carbons (Fsp3) is 0.562. The van der Waals surface area contributed by atoms with Gasteiger partial charge in [-0.15, -0.1) is 0 Å². The SMILES string of the molecule is N#CC1(c2cccc(Cl)c2F)CC2(CCCCC2)C1. The Morgan fingerprint density at radius 2 is 1.84 bits per heavy atom. The van der Waals surface area contributed by atoms with Gasteiger partial charge in [0.15, 0.2) is 0 Å². The Bertz CT molecular complexity index is 532. The lowest BCUT2D eigenvalue weighted by Gasteiger charge is -2.55. The fourth-order valence-electron chi connectivity index (χ4n) is 4.09. The van der Waals surface area contributed by atoms with Crippen LogP contribution in [0.15, 0.2) is 18.2 Å². The molecule has 0 unspecified atom stereocenters. The van der Waals surface area contributed by atoms with Crippen LogP contribution in [-0.2, 0) is 5.41 Å². The summed E-state index contributed by atoms with van der Waals surface area (Å²) in [5.74, 6) is -0.406. The predicted octanol–water partition coefficient (Wildman–Crippen LogP) is 4.98. The number of nitrogens with zero attached hydrogens (tertiary/aromatic N) is 1. The second-order valence-corrected chi connectivity index (χ2v) is 6.62. The number of rotatable bonds is 1. The van der Waals surface area contributed by atoms with Gasteiger partial charge < -0.3 is 0 Å². The average molecular weight is 278 g/mol. The zero-order chi connectivity index (χ0) is 13.5. The van der Waals surface area contributed by atoms with Gasteiger partial charge in [0, 0.05) is 5.56 Å². The van der Waals surface area contributed by atoms with E-state index in [9.17, 15) is 9.65 Å². The van der Waals surface area contributed by atoms with E-state index in [-0.39, 0.29) is 5.02 Å². The van der Waals surface area contributed by atoms with Gasteiger partial charge in [-0.05, 0) is 37.2 Å². The lowest BCUT2D eigenvalue weighted by atomic mass is 9.47. The van der Waals surface area contributed by atoms with E-state index in [1.807, 2.05) is 0 Å². The van der Waals surface area contributed by atoms with Crippen LogP contribution in [-0.4, -0.2) is 0 Å². The van der Waals surface area contributed by atoms with Gasteiger partial charge >= 0.3 is 0 Å². The van der Waals surface area contributed by atoms with Crippen molar-refractivity contribution in [2.75, 3.05) is 0 Å². The number of hydrogen-bond acceptors (Lipinski definition) is 1. The number of nitriles is 1. The zero-order valence-electron chi connectivity index (χ0n) is 10.9. The molecule has 0 heterocycles. The van der Waals surface area contributed by atoms with Crippen molar-refractivity contribution in [3.8, 4) is 6.07 Å². The Morgan fingerprint density at radius 3 is 2.47 bits per heavy atom. The van der Waals surface area contributed by atoms with Crippen molar-refractivity contribution in [3.63, 3.8) is 0 Å². The molecule has 2 aliphatic rings. The highest BCUT2D eigenvalue weighted by Gasteiger charge is 2.56. The summed E-state index contributed by atoms with van der Waals surface area (Å²) in [6, 6.07) is 7.38. The van der Waals surface area contributed by atoms with Crippen LogP contribution >= 0.6 is 11.6 Å². The van der Waals surface area contributed by atoms with Crippen LogP contribution in [0.4, 0.5) is 4.39 Å². The van der Waals surface area contributed by atoms with Crippen LogP contribution in [0.25, 0.3) is 0 Å². The van der Waals surface area contributed by atoms with Crippen molar-refractivity contribution in [1.82, 2.24) is 0 Å². The van der Waals surface area contributed by atoms with Crippen LogP contribution in [0.2, 0.25) is 5.02 Å². The van der Waals surface area contributed by atoms with E-state index in [4.69, 9.17) is 11.6 Å². The van der Waals surface area contributed by atoms with Crippen LogP contribution in [0.3, 0.4) is 0 Å². The Kier molecular flexibility index (Phi) is 3.06. The summed E-state index contributed by atoms with van der Waals surface area (Å²) in [6.45, 7) is 0. The molecule has 0 aliphatic heterocycles. The molecule has 0 bridgehead atoms. The Hall–Kier alpha value is -1.07. The van der Waals surface area contributed by atoms with Crippen LogP contribution in [0.5, 0.6) is 0 Å². The van der Waals surface area contributed by atoms with Crippen molar-refractivity contribution >= 4 is 11.6 Å². The van der Waals surface area contributed by atoms with Gasteiger partial charge in [0.25, 0.3) is 0 Å². The smallest absolute Gasteiger partial charge is 0.146 e. The maximum Gasteiger partial charge on any atom is 0.146 e. The standard InChI is InChI=1S/C16H17ClFN/c17-13-6-4-5-12(14(13)18)16(11-19)9-15(10-16)7-2-1-3-8-15/h4-6H,1-3,7-10H2. The molecule has 2 fully saturated rings. The largest absolute Gasteiger partial charge is 0.205 e. The molecule has 19 heavy (non-hydrogen) atoms. The molecule has 0 saturated heterocycles. The lowest BCUT2D eigenvalue weighted by molar-refractivity contribution is 0.0152. The molecule has 2 saturated carbocycles. The summed E-state index contributed by atoms with van der Waals surface area (Å²) in [4.78, 5) is 0. The molecular formula is C16H17ClFN. The van der Waals surface area contributed by atoms with E-state index in [0.29, 0.717) is 11.0 Å². The monoisotopic (exact) mass is 277 g/mol. The van der Waals surface area contributed by atoms with E-state index >= 15 is 0 Å². The minimum absolute atomic E-state index is 0.122. The summed E-state index contributed by atoms with van der Waals surface area (Å²) in [5.41, 5.74) is 0.147. The van der Waals surface area contributed by atoms with Gasteiger partial charge in [-0.1, -0.05) is 43.0 Å². The summed E-state index contributed by atoms with van der Waals surface area (Å²) >= 11 is 5.85. The lowest BCUT2D eigenvalue weighted by Crippen LogP contribution is -2.50. The molecule has 1 aromatic rings. The Balaban J connectivity index is 1.91. The van der Waals surface area contributed by atoms with Gasteiger partial charge in [-0.25, -0.2) is 4.39 Å². The molecule has 0 aromatic heterocycles. The topological polar surface area (TPSA) is 23.8 Å². The Morgan fingerprint density at radius 1 is 1.16 bits per heavy atom. The first-order valence-corrected chi connectivity index (χ1v) is 7.34. The van der Waals surface area contributed by atoms with E-state index in [2.05, 4.69) is 6.07 Å². The molecule has 1 nitrogen and oxygen atoms in total. The molecule has 100 valence electrons. The number of halogens is 2. The second-order valence-electron chi connectivity index (χ2n) is 6.21. The van der Waals surface area contributed by atoms with Crippen molar-refractivity contribution in [2.45, 2.75) is 50.4 Å². The molecule has 0 radical (unpaired) electrons. The minimum atomic E-state index is -0.647. The molecule has 3 heteroatoms. The van der Waals surface area contributed by atoms with E-state index < -0.39 is 11.2 Å². The summed E-state index contributed by atoms with van der Waals surface area (Å²) in [7, 11) is 0. The molecule has 3 rings (SSSR count). The minimum Gasteiger partial charge on any atom is -0.205 e. The highest BCUT2D eigenvalue weighted by Crippen LogP contribution is 2.62. The summed E-state index contributed by atoms with van der Waals surface area (Å²) in [5, 5.41) is 9.68. The van der Waals surface area contributed by atoms with Crippen molar-refractivity contribution in [2.24, 2.45) is 5.41 Å². The van der Waals surface area contributed by atoms with Crippen LogP contribution in [0, 0.1) is 22.6 Å². The second kappa shape index (κ2) is 4.49. The Labute approximate surface area is 118 Å². The summed E-state index contributed by atoms with van der Waals surface area (Å²) in [6.07, 6.45) is 7.78.